The first kappa shape index (κ1) is 20.6. The second-order valence-electron chi connectivity index (χ2n) is 5.93. The largest absolute Gasteiger partial charge is 0.464 e. The molecule has 3 aromatic rings. The maximum Gasteiger partial charge on any atom is 0.433 e. The lowest BCUT2D eigenvalue weighted by Crippen LogP contribution is -2.11. The summed E-state index contributed by atoms with van der Waals surface area (Å²) in [6.45, 7) is 1.81. The summed E-state index contributed by atoms with van der Waals surface area (Å²) in [6, 6.07) is 6.54. The fraction of sp³-hybridized carbons (Fsp3) is 0.278. The third kappa shape index (κ3) is 4.84. The van der Waals surface area contributed by atoms with Crippen LogP contribution in [0.2, 0.25) is 0 Å². The van der Waals surface area contributed by atoms with E-state index in [1.807, 2.05) is 0 Å². The fourth-order valence-corrected chi connectivity index (χ4v) is 2.50. The van der Waals surface area contributed by atoms with E-state index in [0.717, 1.165) is 24.4 Å². The quantitative estimate of drug-likeness (QED) is 0.560. The van der Waals surface area contributed by atoms with Crippen molar-refractivity contribution in [1.29, 1.82) is 0 Å². The van der Waals surface area contributed by atoms with Crippen LogP contribution < -0.4 is 4.74 Å². The molecular weight excluding hydrogens is 402 g/mol. The van der Waals surface area contributed by atoms with Crippen LogP contribution in [0.1, 0.15) is 23.7 Å². The summed E-state index contributed by atoms with van der Waals surface area (Å²) in [7, 11) is 0. The van der Waals surface area contributed by atoms with Gasteiger partial charge >= 0.3 is 18.4 Å². The van der Waals surface area contributed by atoms with Crippen LogP contribution in [-0.4, -0.2) is 26.4 Å². The normalized spacial score (nSPS) is 12.2. The summed E-state index contributed by atoms with van der Waals surface area (Å²) < 4.78 is 83.3. The highest BCUT2D eigenvalue weighted by molar-refractivity contribution is 5.55. The van der Waals surface area contributed by atoms with Gasteiger partial charge in [0.25, 0.3) is 0 Å². The first-order valence-electron chi connectivity index (χ1n) is 8.35. The van der Waals surface area contributed by atoms with E-state index in [2.05, 4.69) is 15.1 Å². The number of hydrogen-bond donors (Lipinski definition) is 0. The Labute approximate surface area is 161 Å². The Balaban J connectivity index is 1.91. The lowest BCUT2D eigenvalue weighted by molar-refractivity contribution is -0.141. The summed E-state index contributed by atoms with van der Waals surface area (Å²) >= 11 is 0. The van der Waals surface area contributed by atoms with Gasteiger partial charge in [0.05, 0.1) is 18.7 Å². The van der Waals surface area contributed by atoms with E-state index >= 15 is 0 Å². The summed E-state index contributed by atoms with van der Waals surface area (Å²) in [4.78, 5) is 7.44. The minimum Gasteiger partial charge on any atom is -0.464 e. The Bertz CT molecular complexity index is 979. The number of hydrogen-bond acceptors (Lipinski definition) is 4. The van der Waals surface area contributed by atoms with Crippen LogP contribution in [0.4, 0.5) is 26.3 Å². The molecule has 3 rings (SSSR count). The van der Waals surface area contributed by atoms with Crippen LogP contribution in [0, 0.1) is 0 Å². The molecule has 5 nitrogen and oxygen atoms in total. The summed E-state index contributed by atoms with van der Waals surface area (Å²) in [6.07, 6.45) is -8.03. The van der Waals surface area contributed by atoms with Gasteiger partial charge in [-0.15, -0.1) is 5.10 Å². The van der Waals surface area contributed by atoms with Gasteiger partial charge in [0.1, 0.15) is 5.69 Å². The van der Waals surface area contributed by atoms with E-state index in [0.29, 0.717) is 5.56 Å². The lowest BCUT2D eigenvalue weighted by atomic mass is 10.1. The number of benzene rings is 1. The molecule has 2 aromatic heterocycles. The van der Waals surface area contributed by atoms with Crippen molar-refractivity contribution in [3.05, 3.63) is 59.4 Å². The minimum atomic E-state index is -4.59. The summed E-state index contributed by atoms with van der Waals surface area (Å²) in [5.74, 6) is 0.0901. The third-order valence-electron chi connectivity index (χ3n) is 3.83. The van der Waals surface area contributed by atoms with Crippen molar-refractivity contribution in [2.24, 2.45) is 0 Å². The monoisotopic (exact) mass is 416 g/mol. The highest BCUT2D eigenvalue weighted by Gasteiger charge is 2.32. The highest BCUT2D eigenvalue weighted by atomic mass is 19.4. The van der Waals surface area contributed by atoms with E-state index in [4.69, 9.17) is 4.74 Å². The van der Waals surface area contributed by atoms with Gasteiger partial charge in [-0.2, -0.15) is 31.3 Å². The van der Waals surface area contributed by atoms with Gasteiger partial charge in [0.15, 0.2) is 5.82 Å². The van der Waals surface area contributed by atoms with E-state index in [-0.39, 0.29) is 30.5 Å². The fourth-order valence-electron chi connectivity index (χ4n) is 2.50. The SMILES string of the molecule is CCOc1nc(-c2ccc(C(F)(F)F)cc2)nn1Cc1ccnc(C(F)(F)F)c1. The zero-order valence-electron chi connectivity index (χ0n) is 14.9. The number of aromatic nitrogens is 4. The molecule has 11 heteroatoms. The van der Waals surface area contributed by atoms with Crippen LogP contribution in [0.5, 0.6) is 6.01 Å². The molecule has 0 bridgehead atoms. The van der Waals surface area contributed by atoms with Gasteiger partial charge < -0.3 is 4.74 Å². The van der Waals surface area contributed by atoms with Gasteiger partial charge in [0.2, 0.25) is 0 Å². The molecule has 0 atom stereocenters. The average Bonchev–Trinajstić information content (AvgIpc) is 3.03. The van der Waals surface area contributed by atoms with Gasteiger partial charge in [-0.05, 0) is 36.8 Å². The van der Waals surface area contributed by atoms with Crippen LogP contribution >= 0.6 is 0 Å². The van der Waals surface area contributed by atoms with Gasteiger partial charge in [0, 0.05) is 11.8 Å². The van der Waals surface area contributed by atoms with E-state index in [9.17, 15) is 26.3 Å². The molecule has 0 unspecified atom stereocenters. The molecule has 0 aliphatic rings. The Morgan fingerprint density at radius 2 is 1.66 bits per heavy atom. The molecule has 2 heterocycles. The van der Waals surface area contributed by atoms with Crippen molar-refractivity contribution >= 4 is 0 Å². The standard InChI is InChI=1S/C18H14F6N4O/c1-2-29-16-26-15(12-3-5-13(6-4-12)17(19,20)21)27-28(16)10-11-7-8-25-14(9-11)18(22,23)24/h3-9H,2,10H2,1H3. The molecule has 0 saturated heterocycles. The zero-order chi connectivity index (χ0) is 21.2. The van der Waals surface area contributed by atoms with Crippen LogP contribution in [0.3, 0.4) is 0 Å². The third-order valence-corrected chi connectivity index (χ3v) is 3.83. The molecule has 0 radical (unpaired) electrons. The number of nitrogens with zero attached hydrogens (tertiary/aromatic N) is 4. The predicted molar refractivity (Wildman–Crippen MR) is 90.0 cm³/mol. The summed E-state index contributed by atoms with van der Waals surface area (Å²) in [5.41, 5.74) is -1.29. The zero-order valence-corrected chi connectivity index (χ0v) is 14.9. The van der Waals surface area contributed by atoms with Crippen molar-refractivity contribution in [1.82, 2.24) is 19.7 Å². The molecule has 0 amide bonds. The molecule has 1 aromatic carbocycles. The Hall–Kier alpha value is -3.11. The minimum absolute atomic E-state index is 0.0350. The first-order chi connectivity index (χ1) is 13.6. The van der Waals surface area contributed by atoms with Crippen molar-refractivity contribution < 1.29 is 31.1 Å². The number of rotatable bonds is 5. The second kappa shape index (κ2) is 7.72. The number of ether oxygens (including phenoxy) is 1. The first-order valence-corrected chi connectivity index (χ1v) is 8.35. The van der Waals surface area contributed by atoms with Crippen molar-refractivity contribution in [3.63, 3.8) is 0 Å². The smallest absolute Gasteiger partial charge is 0.433 e. The maximum absolute atomic E-state index is 12.8. The number of halogens is 6. The van der Waals surface area contributed by atoms with E-state index in [1.54, 1.807) is 6.92 Å². The van der Waals surface area contributed by atoms with E-state index < -0.39 is 23.6 Å². The number of pyridine rings is 1. The molecule has 0 N–H and O–H groups in total. The number of alkyl halides is 6. The Morgan fingerprint density at radius 3 is 2.24 bits per heavy atom. The van der Waals surface area contributed by atoms with Crippen LogP contribution in [0.15, 0.2) is 42.6 Å². The summed E-state index contributed by atoms with van der Waals surface area (Å²) in [5, 5.41) is 4.18. The lowest BCUT2D eigenvalue weighted by Gasteiger charge is -2.09. The Morgan fingerprint density at radius 1 is 0.966 bits per heavy atom. The average molecular weight is 416 g/mol. The molecule has 29 heavy (non-hydrogen) atoms. The molecular formula is C18H14F6N4O. The van der Waals surface area contributed by atoms with Crippen LogP contribution in [-0.2, 0) is 18.9 Å². The van der Waals surface area contributed by atoms with Gasteiger partial charge in [-0.1, -0.05) is 12.1 Å². The molecule has 0 aliphatic carbocycles. The molecule has 154 valence electrons. The molecule has 0 saturated carbocycles. The predicted octanol–water partition coefficient (Wildman–Crippen LogP) is 4.82. The molecule has 0 fully saturated rings. The van der Waals surface area contributed by atoms with Gasteiger partial charge in [-0.25, -0.2) is 4.68 Å². The van der Waals surface area contributed by atoms with Crippen LogP contribution in [0.25, 0.3) is 11.4 Å². The topological polar surface area (TPSA) is 52.8 Å². The molecule has 0 spiro atoms. The van der Waals surface area contributed by atoms with E-state index in [1.165, 1.54) is 22.9 Å². The van der Waals surface area contributed by atoms with Crippen molar-refractivity contribution in [2.75, 3.05) is 6.61 Å². The Kier molecular flexibility index (Phi) is 5.49. The van der Waals surface area contributed by atoms with Crippen molar-refractivity contribution in [2.45, 2.75) is 25.8 Å². The van der Waals surface area contributed by atoms with Gasteiger partial charge in [-0.3, -0.25) is 4.98 Å². The second-order valence-corrected chi connectivity index (χ2v) is 5.93. The highest BCUT2D eigenvalue weighted by Crippen LogP contribution is 2.31. The van der Waals surface area contributed by atoms with Crippen molar-refractivity contribution in [3.8, 4) is 17.4 Å². The molecule has 0 aliphatic heterocycles. The maximum atomic E-state index is 12.8.